The first kappa shape index (κ1) is 25.9. The van der Waals surface area contributed by atoms with Gasteiger partial charge in [0.15, 0.2) is 5.78 Å². The number of nitrogens with zero attached hydrogens (tertiary/aromatic N) is 4. The van der Waals surface area contributed by atoms with Gasteiger partial charge in [-0.3, -0.25) is 34.8 Å². The molecule has 2 aromatic rings. The fraction of sp³-hybridized carbons (Fsp3) is 0.318. The van der Waals surface area contributed by atoms with Crippen LogP contribution in [0.25, 0.3) is 0 Å². The molecule has 0 saturated heterocycles. The van der Waals surface area contributed by atoms with Gasteiger partial charge in [-0.25, -0.2) is 0 Å². The topological polar surface area (TPSA) is 154 Å². The number of nitro groups is 2. The van der Waals surface area contributed by atoms with Gasteiger partial charge in [0.25, 0.3) is 11.4 Å². The first-order chi connectivity index (χ1) is 16.1. The summed E-state index contributed by atoms with van der Waals surface area (Å²) >= 11 is 0. The number of nitro benzene ring substituents is 2. The Morgan fingerprint density at radius 2 is 1.88 bits per heavy atom. The van der Waals surface area contributed by atoms with E-state index in [1.807, 2.05) is 4.90 Å². The molecule has 12 nitrogen and oxygen atoms in total. The SMILES string of the molecule is C=Nc1cc2c(cc1OC)N(CCC(=O)OC)CCC2=O.Cc1ccc([N+](=O)[O-])cc1[N+](=O)[O-]. The van der Waals surface area contributed by atoms with Crippen molar-refractivity contribution < 1.29 is 28.9 Å². The standard InChI is InChI=1S/C15H18N2O4.C7H6N2O4/c1-16-11-8-10-12(9-14(11)20-2)17(6-4-13(10)18)7-5-15(19)21-3;1-5-2-3-6(8(10)11)4-7(5)9(12)13/h8-9H,1,4-7H2,2-3H3;2-4H,1H3. The molecule has 0 radical (unpaired) electrons. The third kappa shape index (κ3) is 6.12. The Labute approximate surface area is 195 Å². The molecule has 12 heteroatoms. The quantitative estimate of drug-likeness (QED) is 0.253. The van der Waals surface area contributed by atoms with E-state index < -0.39 is 9.85 Å². The van der Waals surface area contributed by atoms with Gasteiger partial charge in [0.05, 0.1) is 42.2 Å². The highest BCUT2D eigenvalue weighted by Crippen LogP contribution is 2.38. The van der Waals surface area contributed by atoms with Crippen molar-refractivity contribution in [2.24, 2.45) is 4.99 Å². The van der Waals surface area contributed by atoms with Crippen molar-refractivity contribution in [2.75, 3.05) is 32.2 Å². The van der Waals surface area contributed by atoms with Crippen LogP contribution in [0.4, 0.5) is 22.7 Å². The molecular weight excluding hydrogens is 448 g/mol. The number of ether oxygens (including phenoxy) is 2. The second-order valence-corrected chi connectivity index (χ2v) is 7.17. The van der Waals surface area contributed by atoms with Crippen molar-refractivity contribution >= 4 is 41.2 Å². The Morgan fingerprint density at radius 1 is 1.18 bits per heavy atom. The van der Waals surface area contributed by atoms with Crippen LogP contribution < -0.4 is 9.64 Å². The molecule has 0 N–H and O–H groups in total. The molecule has 1 heterocycles. The van der Waals surface area contributed by atoms with Crippen molar-refractivity contribution in [1.82, 2.24) is 0 Å². The molecule has 0 spiro atoms. The van der Waals surface area contributed by atoms with Crippen molar-refractivity contribution in [3.63, 3.8) is 0 Å². The number of Topliss-reactive ketones (excluding diaryl/α,β-unsaturated/α-hetero) is 1. The fourth-order valence-electron chi connectivity index (χ4n) is 3.29. The Kier molecular flexibility index (Phi) is 8.76. The molecule has 0 aliphatic carbocycles. The Hall–Kier alpha value is -4.35. The summed E-state index contributed by atoms with van der Waals surface area (Å²) in [5, 5.41) is 20.6. The Bertz CT molecular complexity index is 1130. The number of fused-ring (bicyclic) bond motifs is 1. The maximum atomic E-state index is 12.1. The predicted molar refractivity (Wildman–Crippen MR) is 124 cm³/mol. The van der Waals surface area contributed by atoms with Crippen LogP contribution >= 0.6 is 0 Å². The van der Waals surface area contributed by atoms with Crippen molar-refractivity contribution in [3.8, 4) is 5.75 Å². The predicted octanol–water partition coefficient (Wildman–Crippen LogP) is 3.79. The van der Waals surface area contributed by atoms with Crippen molar-refractivity contribution in [3.05, 3.63) is 61.7 Å². The molecule has 0 saturated carbocycles. The first-order valence-electron chi connectivity index (χ1n) is 10.1. The number of benzene rings is 2. The van der Waals surface area contributed by atoms with E-state index in [0.29, 0.717) is 42.1 Å². The lowest BCUT2D eigenvalue weighted by Gasteiger charge is -2.30. The van der Waals surface area contributed by atoms with E-state index >= 15 is 0 Å². The minimum atomic E-state index is -0.660. The Balaban J connectivity index is 0.000000270. The van der Waals surface area contributed by atoms with Crippen LogP contribution in [0.3, 0.4) is 0 Å². The van der Waals surface area contributed by atoms with Gasteiger partial charge >= 0.3 is 5.97 Å². The minimum Gasteiger partial charge on any atom is -0.494 e. The van der Waals surface area contributed by atoms with Crippen molar-refractivity contribution in [2.45, 2.75) is 19.8 Å². The highest BCUT2D eigenvalue weighted by molar-refractivity contribution is 6.04. The number of non-ortho nitro benzene ring substituents is 1. The fourth-order valence-corrected chi connectivity index (χ4v) is 3.29. The summed E-state index contributed by atoms with van der Waals surface area (Å²) in [6.45, 7) is 6.09. The van der Waals surface area contributed by atoms with Gasteiger partial charge in [-0.1, -0.05) is 0 Å². The van der Waals surface area contributed by atoms with E-state index in [1.54, 1.807) is 19.2 Å². The van der Waals surface area contributed by atoms with Gasteiger partial charge in [0.1, 0.15) is 11.4 Å². The number of hydrogen-bond acceptors (Lipinski definition) is 10. The highest BCUT2D eigenvalue weighted by Gasteiger charge is 2.25. The number of anilines is 1. The smallest absolute Gasteiger partial charge is 0.307 e. The molecule has 0 atom stereocenters. The van der Waals surface area contributed by atoms with Gasteiger partial charge in [-0.15, -0.1) is 0 Å². The van der Waals surface area contributed by atoms with E-state index in [4.69, 9.17) is 4.74 Å². The van der Waals surface area contributed by atoms with Gasteiger partial charge in [-0.2, -0.15) is 0 Å². The first-order valence-corrected chi connectivity index (χ1v) is 10.1. The molecule has 0 amide bonds. The number of carbonyl (C=O) groups is 2. The van der Waals surface area contributed by atoms with E-state index in [9.17, 15) is 29.8 Å². The molecule has 3 rings (SSSR count). The summed E-state index contributed by atoms with van der Waals surface area (Å²) in [6, 6.07) is 7.01. The van der Waals surface area contributed by atoms with Gasteiger partial charge in [-0.05, 0) is 25.8 Å². The second-order valence-electron chi connectivity index (χ2n) is 7.17. The van der Waals surface area contributed by atoms with Crippen LogP contribution in [0.5, 0.6) is 5.75 Å². The molecule has 0 bridgehead atoms. The molecule has 0 unspecified atom stereocenters. The summed E-state index contributed by atoms with van der Waals surface area (Å²) in [7, 11) is 2.90. The summed E-state index contributed by atoms with van der Waals surface area (Å²) in [6.07, 6.45) is 0.686. The zero-order valence-electron chi connectivity index (χ0n) is 19.0. The summed E-state index contributed by atoms with van der Waals surface area (Å²) in [5.41, 5.74) is 1.82. The number of hydrogen-bond donors (Lipinski definition) is 0. The molecule has 34 heavy (non-hydrogen) atoms. The maximum Gasteiger partial charge on any atom is 0.307 e. The van der Waals surface area contributed by atoms with Crippen LogP contribution in [0.15, 0.2) is 35.3 Å². The van der Waals surface area contributed by atoms with E-state index in [2.05, 4.69) is 16.4 Å². The number of ketones is 1. The van der Waals surface area contributed by atoms with Crippen LogP contribution in [-0.2, 0) is 9.53 Å². The maximum absolute atomic E-state index is 12.1. The largest absolute Gasteiger partial charge is 0.494 e. The number of aliphatic imine (C=N–C) groups is 1. The number of aryl methyl sites for hydroxylation is 1. The zero-order valence-corrected chi connectivity index (χ0v) is 19.0. The average Bonchev–Trinajstić information content (AvgIpc) is 2.82. The number of rotatable bonds is 7. The molecule has 1 aliphatic rings. The normalized spacial score (nSPS) is 12.1. The highest BCUT2D eigenvalue weighted by atomic mass is 16.6. The van der Waals surface area contributed by atoms with Crippen LogP contribution in [0.1, 0.15) is 28.8 Å². The number of carbonyl (C=O) groups excluding carboxylic acids is 2. The molecule has 1 aliphatic heterocycles. The van der Waals surface area contributed by atoms with Gasteiger partial charge < -0.3 is 14.4 Å². The molecular formula is C22H24N4O8. The average molecular weight is 472 g/mol. The van der Waals surface area contributed by atoms with Crippen LogP contribution in [0, 0.1) is 27.2 Å². The molecule has 0 aromatic heterocycles. The monoisotopic (exact) mass is 472 g/mol. The Morgan fingerprint density at radius 3 is 2.44 bits per heavy atom. The molecule has 2 aromatic carbocycles. The van der Waals surface area contributed by atoms with Crippen LogP contribution in [-0.4, -0.2) is 55.6 Å². The van der Waals surface area contributed by atoms with Crippen molar-refractivity contribution in [1.29, 1.82) is 0 Å². The zero-order chi connectivity index (χ0) is 25.4. The third-order valence-electron chi connectivity index (χ3n) is 5.13. The third-order valence-corrected chi connectivity index (χ3v) is 5.13. The minimum absolute atomic E-state index is 0.0619. The van der Waals surface area contributed by atoms with Crippen LogP contribution in [0.2, 0.25) is 0 Å². The van der Waals surface area contributed by atoms with Gasteiger partial charge in [0.2, 0.25) is 0 Å². The molecule has 180 valence electrons. The number of methoxy groups -OCH3 is 2. The molecule has 0 fully saturated rings. The summed E-state index contributed by atoms with van der Waals surface area (Å²) in [4.78, 5) is 48.6. The summed E-state index contributed by atoms with van der Waals surface area (Å²) < 4.78 is 9.92. The lowest BCUT2D eigenvalue weighted by molar-refractivity contribution is -0.394. The lowest BCUT2D eigenvalue weighted by Crippen LogP contribution is -2.34. The van der Waals surface area contributed by atoms with E-state index in [1.165, 1.54) is 26.2 Å². The van der Waals surface area contributed by atoms with E-state index in [-0.39, 0.29) is 29.5 Å². The number of esters is 1. The summed E-state index contributed by atoms with van der Waals surface area (Å²) in [5.74, 6) is 0.346. The lowest BCUT2D eigenvalue weighted by atomic mass is 9.99. The van der Waals surface area contributed by atoms with E-state index in [0.717, 1.165) is 11.8 Å². The van der Waals surface area contributed by atoms with Gasteiger partial charge in [0, 0.05) is 42.8 Å². The second kappa shape index (κ2) is 11.5.